The summed E-state index contributed by atoms with van der Waals surface area (Å²) in [6, 6.07) is 8.51. The second-order valence-electron chi connectivity index (χ2n) is 4.66. The summed E-state index contributed by atoms with van der Waals surface area (Å²) in [5.41, 5.74) is 9.95. The van der Waals surface area contributed by atoms with Crippen LogP contribution in [0.1, 0.15) is 28.3 Å². The van der Waals surface area contributed by atoms with Crippen LogP contribution < -0.4 is 5.73 Å². The van der Waals surface area contributed by atoms with Gasteiger partial charge in [-0.05, 0) is 60.4 Å². The normalized spacial score (nSPS) is 12.5. The van der Waals surface area contributed by atoms with Gasteiger partial charge in [0.15, 0.2) is 0 Å². The van der Waals surface area contributed by atoms with Gasteiger partial charge in [-0.2, -0.15) is 0 Å². The highest BCUT2D eigenvalue weighted by atomic mass is 79.9. The Balaban J connectivity index is 2.49. The third-order valence-corrected chi connectivity index (χ3v) is 4.58. The number of rotatable bonds is 2. The van der Waals surface area contributed by atoms with E-state index in [1.165, 1.54) is 12.1 Å². The summed E-state index contributed by atoms with van der Waals surface area (Å²) in [5.74, 6) is -0.257. The van der Waals surface area contributed by atoms with E-state index in [1.807, 2.05) is 32.0 Å². The first-order chi connectivity index (χ1) is 8.88. The SMILES string of the molecule is Cc1cc(F)cc(C(N)c2cc(Br)c(C)cc2Br)c1. The predicted molar refractivity (Wildman–Crippen MR) is 83.7 cm³/mol. The molecule has 19 heavy (non-hydrogen) atoms. The number of benzene rings is 2. The Morgan fingerprint density at radius 3 is 2.32 bits per heavy atom. The lowest BCUT2D eigenvalue weighted by atomic mass is 9.97. The molecule has 0 fully saturated rings. The molecule has 0 radical (unpaired) electrons. The van der Waals surface area contributed by atoms with Crippen LogP contribution in [0.5, 0.6) is 0 Å². The highest BCUT2D eigenvalue weighted by Crippen LogP contribution is 2.32. The first-order valence-corrected chi connectivity index (χ1v) is 7.45. The van der Waals surface area contributed by atoms with E-state index in [9.17, 15) is 4.39 Å². The fraction of sp³-hybridized carbons (Fsp3) is 0.200. The second-order valence-corrected chi connectivity index (χ2v) is 6.37. The van der Waals surface area contributed by atoms with Crippen LogP contribution in [-0.2, 0) is 0 Å². The molecule has 100 valence electrons. The van der Waals surface area contributed by atoms with Crippen molar-refractivity contribution in [3.05, 3.63) is 67.3 Å². The van der Waals surface area contributed by atoms with E-state index in [0.29, 0.717) is 0 Å². The molecular formula is C15H14Br2FN. The van der Waals surface area contributed by atoms with Crippen molar-refractivity contribution in [1.29, 1.82) is 0 Å². The summed E-state index contributed by atoms with van der Waals surface area (Å²) >= 11 is 7.02. The monoisotopic (exact) mass is 385 g/mol. The first-order valence-electron chi connectivity index (χ1n) is 5.86. The standard InChI is InChI=1S/C15H14Br2FN/c1-8-3-10(6-11(18)4-8)15(19)12-7-13(16)9(2)5-14(12)17/h3-7,15H,19H2,1-2H3. The van der Waals surface area contributed by atoms with Gasteiger partial charge in [0.25, 0.3) is 0 Å². The Morgan fingerprint density at radius 2 is 1.68 bits per heavy atom. The van der Waals surface area contributed by atoms with Gasteiger partial charge in [0.05, 0.1) is 6.04 Å². The minimum absolute atomic E-state index is 0.257. The van der Waals surface area contributed by atoms with E-state index in [1.54, 1.807) is 0 Å². The average Bonchev–Trinajstić information content (AvgIpc) is 2.31. The Morgan fingerprint density at radius 1 is 1.00 bits per heavy atom. The minimum atomic E-state index is -0.360. The van der Waals surface area contributed by atoms with Gasteiger partial charge in [-0.25, -0.2) is 4.39 Å². The molecule has 2 N–H and O–H groups in total. The molecule has 0 aliphatic heterocycles. The molecule has 0 amide bonds. The zero-order valence-corrected chi connectivity index (χ0v) is 13.8. The van der Waals surface area contributed by atoms with Crippen LogP contribution in [0.25, 0.3) is 0 Å². The lowest BCUT2D eigenvalue weighted by Crippen LogP contribution is -2.13. The number of hydrogen-bond donors (Lipinski definition) is 1. The fourth-order valence-corrected chi connectivity index (χ4v) is 3.09. The van der Waals surface area contributed by atoms with Crippen LogP contribution >= 0.6 is 31.9 Å². The Bertz CT molecular complexity index is 606. The van der Waals surface area contributed by atoms with E-state index >= 15 is 0 Å². The van der Waals surface area contributed by atoms with Gasteiger partial charge in [-0.1, -0.05) is 37.9 Å². The van der Waals surface area contributed by atoms with Crippen molar-refractivity contribution in [2.75, 3.05) is 0 Å². The van der Waals surface area contributed by atoms with Crippen LogP contribution in [0.15, 0.2) is 39.3 Å². The second kappa shape index (κ2) is 5.73. The largest absolute Gasteiger partial charge is 0.320 e. The van der Waals surface area contributed by atoms with E-state index in [4.69, 9.17) is 5.73 Å². The van der Waals surface area contributed by atoms with Crippen LogP contribution in [-0.4, -0.2) is 0 Å². The maximum absolute atomic E-state index is 13.5. The van der Waals surface area contributed by atoms with E-state index < -0.39 is 0 Å². The lowest BCUT2D eigenvalue weighted by Gasteiger charge is -2.16. The zero-order valence-electron chi connectivity index (χ0n) is 10.7. The Kier molecular flexibility index (Phi) is 4.43. The molecule has 0 saturated carbocycles. The highest BCUT2D eigenvalue weighted by molar-refractivity contribution is 9.11. The summed E-state index contributed by atoms with van der Waals surface area (Å²) in [7, 11) is 0. The van der Waals surface area contributed by atoms with Gasteiger partial charge >= 0.3 is 0 Å². The molecule has 2 aromatic rings. The number of aryl methyl sites for hydroxylation is 2. The van der Waals surface area contributed by atoms with E-state index in [0.717, 1.165) is 31.2 Å². The van der Waals surface area contributed by atoms with Crippen molar-refractivity contribution in [2.45, 2.75) is 19.9 Å². The predicted octanol–water partition coefficient (Wildman–Crippen LogP) is 5.02. The maximum Gasteiger partial charge on any atom is 0.123 e. The molecule has 0 aromatic heterocycles. The quantitative estimate of drug-likeness (QED) is 0.770. The molecule has 4 heteroatoms. The van der Waals surface area contributed by atoms with Gasteiger partial charge in [-0.3, -0.25) is 0 Å². The van der Waals surface area contributed by atoms with E-state index in [2.05, 4.69) is 31.9 Å². The van der Waals surface area contributed by atoms with Crippen LogP contribution in [0, 0.1) is 19.7 Å². The van der Waals surface area contributed by atoms with Gasteiger partial charge < -0.3 is 5.73 Å². The third-order valence-electron chi connectivity index (χ3n) is 3.04. The van der Waals surface area contributed by atoms with Crippen LogP contribution in [0.3, 0.4) is 0 Å². The molecule has 1 nitrogen and oxygen atoms in total. The molecular weight excluding hydrogens is 373 g/mol. The maximum atomic E-state index is 13.5. The molecule has 0 aliphatic rings. The van der Waals surface area contributed by atoms with Gasteiger partial charge in [0.1, 0.15) is 5.82 Å². The van der Waals surface area contributed by atoms with Gasteiger partial charge in [0, 0.05) is 8.95 Å². The average molecular weight is 387 g/mol. The molecule has 2 aromatic carbocycles. The topological polar surface area (TPSA) is 26.0 Å². The summed E-state index contributed by atoms with van der Waals surface area (Å²) in [5, 5.41) is 0. The van der Waals surface area contributed by atoms with Crippen molar-refractivity contribution >= 4 is 31.9 Å². The molecule has 0 saturated heterocycles. The summed E-state index contributed by atoms with van der Waals surface area (Å²) in [6.45, 7) is 3.87. The van der Waals surface area contributed by atoms with Crippen molar-refractivity contribution in [1.82, 2.24) is 0 Å². The summed E-state index contributed by atoms with van der Waals surface area (Å²) < 4.78 is 15.4. The number of halogens is 3. The van der Waals surface area contributed by atoms with Gasteiger partial charge in [-0.15, -0.1) is 0 Å². The van der Waals surface area contributed by atoms with Crippen molar-refractivity contribution in [3.8, 4) is 0 Å². The summed E-state index contributed by atoms with van der Waals surface area (Å²) in [6.07, 6.45) is 0. The van der Waals surface area contributed by atoms with Crippen molar-refractivity contribution in [2.24, 2.45) is 5.73 Å². The smallest absolute Gasteiger partial charge is 0.123 e. The van der Waals surface area contributed by atoms with Crippen molar-refractivity contribution in [3.63, 3.8) is 0 Å². The number of hydrogen-bond acceptors (Lipinski definition) is 1. The van der Waals surface area contributed by atoms with E-state index in [-0.39, 0.29) is 11.9 Å². The number of nitrogens with two attached hydrogens (primary N) is 1. The molecule has 0 bridgehead atoms. The lowest BCUT2D eigenvalue weighted by molar-refractivity contribution is 0.622. The Labute approximate surface area is 129 Å². The Hall–Kier alpha value is -0.710. The molecule has 2 rings (SSSR count). The molecule has 0 spiro atoms. The fourth-order valence-electron chi connectivity index (χ4n) is 2.02. The zero-order chi connectivity index (χ0) is 14.2. The van der Waals surface area contributed by atoms with Crippen LogP contribution in [0.2, 0.25) is 0 Å². The molecule has 1 unspecified atom stereocenters. The summed E-state index contributed by atoms with van der Waals surface area (Å²) in [4.78, 5) is 0. The highest BCUT2D eigenvalue weighted by Gasteiger charge is 2.15. The molecule has 0 aliphatic carbocycles. The first kappa shape index (κ1) is 14.7. The molecule has 1 atom stereocenters. The van der Waals surface area contributed by atoms with Crippen molar-refractivity contribution < 1.29 is 4.39 Å². The van der Waals surface area contributed by atoms with Crippen LogP contribution in [0.4, 0.5) is 4.39 Å². The van der Waals surface area contributed by atoms with Gasteiger partial charge in [0.2, 0.25) is 0 Å². The third kappa shape index (κ3) is 3.25. The minimum Gasteiger partial charge on any atom is -0.320 e. The molecule has 0 heterocycles.